The maximum atomic E-state index is 9.31. The van der Waals surface area contributed by atoms with Gasteiger partial charge in [-0.05, 0) is 45.0 Å². The van der Waals surface area contributed by atoms with Gasteiger partial charge in [0.1, 0.15) is 0 Å². The van der Waals surface area contributed by atoms with Gasteiger partial charge in [-0.25, -0.2) is 0 Å². The first-order valence-corrected chi connectivity index (χ1v) is 7.08. The highest BCUT2D eigenvalue weighted by Gasteiger charge is 2.25. The first-order chi connectivity index (χ1) is 9.22. The van der Waals surface area contributed by atoms with Crippen molar-refractivity contribution in [2.45, 2.75) is 31.8 Å². The van der Waals surface area contributed by atoms with Gasteiger partial charge in [-0.3, -0.25) is 0 Å². The van der Waals surface area contributed by atoms with Crippen LogP contribution in [0.1, 0.15) is 17.7 Å². The van der Waals surface area contributed by atoms with Crippen molar-refractivity contribution in [1.82, 2.24) is 9.47 Å². The summed E-state index contributed by atoms with van der Waals surface area (Å²) in [7, 11) is 4.34. The minimum atomic E-state index is 0.211. The standard InChI is InChI=1S/C16H22N2O/c1-17(2)12-7-8-16-14(11-12)13-5-3-4-6-15(13)18(16)9-10-19/h3-6,12,19H,7-11H2,1-2H3. The maximum absolute atomic E-state index is 9.31. The minimum Gasteiger partial charge on any atom is -0.395 e. The molecule has 1 aromatic heterocycles. The van der Waals surface area contributed by atoms with Crippen LogP contribution in [0.4, 0.5) is 0 Å². The molecule has 1 aliphatic rings. The zero-order valence-corrected chi connectivity index (χ0v) is 11.8. The molecule has 1 heterocycles. The Hall–Kier alpha value is -1.32. The van der Waals surface area contributed by atoms with E-state index in [0.29, 0.717) is 12.6 Å². The molecule has 1 aliphatic carbocycles. The molecule has 1 aromatic carbocycles. The number of aliphatic hydroxyl groups excluding tert-OH is 1. The van der Waals surface area contributed by atoms with Crippen molar-refractivity contribution in [2.24, 2.45) is 0 Å². The first-order valence-electron chi connectivity index (χ1n) is 7.08. The predicted molar refractivity (Wildman–Crippen MR) is 78.5 cm³/mol. The van der Waals surface area contributed by atoms with E-state index < -0.39 is 0 Å². The highest BCUT2D eigenvalue weighted by Crippen LogP contribution is 2.33. The van der Waals surface area contributed by atoms with Gasteiger partial charge < -0.3 is 14.6 Å². The quantitative estimate of drug-likeness (QED) is 0.912. The second-order valence-corrected chi connectivity index (χ2v) is 5.68. The molecule has 0 spiro atoms. The Bertz CT molecular complexity index is 586. The van der Waals surface area contributed by atoms with Gasteiger partial charge in [-0.15, -0.1) is 0 Å². The van der Waals surface area contributed by atoms with E-state index >= 15 is 0 Å². The lowest BCUT2D eigenvalue weighted by Crippen LogP contribution is -2.33. The predicted octanol–water partition coefficient (Wildman–Crippen LogP) is 2.05. The molecule has 1 unspecified atom stereocenters. The number of fused-ring (bicyclic) bond motifs is 3. The number of aromatic nitrogens is 1. The fraction of sp³-hybridized carbons (Fsp3) is 0.500. The lowest BCUT2D eigenvalue weighted by Gasteiger charge is -2.29. The van der Waals surface area contributed by atoms with E-state index in [1.165, 1.54) is 28.6 Å². The third kappa shape index (κ3) is 2.07. The maximum Gasteiger partial charge on any atom is 0.0610 e. The average Bonchev–Trinajstić information content (AvgIpc) is 2.74. The molecular weight excluding hydrogens is 236 g/mol. The number of benzene rings is 1. The first kappa shape index (κ1) is 12.7. The van der Waals surface area contributed by atoms with E-state index in [1.54, 1.807) is 0 Å². The highest BCUT2D eigenvalue weighted by atomic mass is 16.3. The molecule has 19 heavy (non-hydrogen) atoms. The third-order valence-electron chi connectivity index (χ3n) is 4.40. The van der Waals surface area contributed by atoms with E-state index in [2.05, 4.69) is 47.8 Å². The summed E-state index contributed by atoms with van der Waals surface area (Å²) < 4.78 is 2.32. The largest absolute Gasteiger partial charge is 0.395 e. The molecular formula is C16H22N2O. The summed E-state index contributed by atoms with van der Waals surface area (Å²) in [5.41, 5.74) is 4.21. The van der Waals surface area contributed by atoms with Gasteiger partial charge in [0.15, 0.2) is 0 Å². The monoisotopic (exact) mass is 258 g/mol. The van der Waals surface area contributed by atoms with Gasteiger partial charge in [0, 0.05) is 29.2 Å². The van der Waals surface area contributed by atoms with Crippen molar-refractivity contribution < 1.29 is 5.11 Å². The Morgan fingerprint density at radius 1 is 1.32 bits per heavy atom. The molecule has 1 N–H and O–H groups in total. The molecule has 3 nitrogen and oxygen atoms in total. The normalized spacial score (nSPS) is 19.1. The molecule has 3 heteroatoms. The summed E-state index contributed by atoms with van der Waals surface area (Å²) in [6.45, 7) is 0.921. The highest BCUT2D eigenvalue weighted by molar-refractivity contribution is 5.86. The van der Waals surface area contributed by atoms with Crippen LogP contribution in [-0.2, 0) is 19.4 Å². The van der Waals surface area contributed by atoms with Crippen molar-refractivity contribution in [3.05, 3.63) is 35.5 Å². The Kier molecular flexibility index (Phi) is 3.33. The summed E-state index contributed by atoms with van der Waals surface area (Å²) in [5, 5.41) is 10.7. The number of hydrogen-bond donors (Lipinski definition) is 1. The Morgan fingerprint density at radius 3 is 2.84 bits per heavy atom. The second-order valence-electron chi connectivity index (χ2n) is 5.68. The number of rotatable bonds is 3. The van der Waals surface area contributed by atoms with E-state index in [-0.39, 0.29) is 6.61 Å². The van der Waals surface area contributed by atoms with Gasteiger partial charge in [-0.1, -0.05) is 18.2 Å². The molecule has 0 bridgehead atoms. The Morgan fingerprint density at radius 2 is 2.11 bits per heavy atom. The average molecular weight is 258 g/mol. The van der Waals surface area contributed by atoms with Crippen molar-refractivity contribution in [1.29, 1.82) is 0 Å². The van der Waals surface area contributed by atoms with Crippen LogP contribution in [0.3, 0.4) is 0 Å². The van der Waals surface area contributed by atoms with Crippen LogP contribution in [0.2, 0.25) is 0 Å². The van der Waals surface area contributed by atoms with Crippen LogP contribution in [0, 0.1) is 0 Å². The molecule has 0 amide bonds. The topological polar surface area (TPSA) is 28.4 Å². The van der Waals surface area contributed by atoms with Crippen LogP contribution >= 0.6 is 0 Å². The fourth-order valence-electron chi connectivity index (χ4n) is 3.38. The van der Waals surface area contributed by atoms with E-state index in [9.17, 15) is 5.11 Å². The number of para-hydroxylation sites is 1. The summed E-state index contributed by atoms with van der Waals surface area (Å²) in [6.07, 6.45) is 3.45. The molecule has 0 aliphatic heterocycles. The van der Waals surface area contributed by atoms with Crippen molar-refractivity contribution in [3.63, 3.8) is 0 Å². The number of aliphatic hydroxyl groups is 1. The summed E-state index contributed by atoms with van der Waals surface area (Å²) in [5.74, 6) is 0. The van der Waals surface area contributed by atoms with Gasteiger partial charge in [0.2, 0.25) is 0 Å². The lowest BCUT2D eigenvalue weighted by molar-refractivity contribution is 0.259. The molecule has 0 radical (unpaired) electrons. The van der Waals surface area contributed by atoms with Crippen molar-refractivity contribution >= 4 is 10.9 Å². The van der Waals surface area contributed by atoms with Gasteiger partial charge in [-0.2, -0.15) is 0 Å². The second kappa shape index (κ2) is 4.99. The third-order valence-corrected chi connectivity index (χ3v) is 4.40. The van der Waals surface area contributed by atoms with E-state index in [1.807, 2.05) is 0 Å². The molecule has 0 saturated heterocycles. The van der Waals surface area contributed by atoms with Crippen molar-refractivity contribution in [2.75, 3.05) is 20.7 Å². The lowest BCUT2D eigenvalue weighted by atomic mass is 9.91. The zero-order valence-electron chi connectivity index (χ0n) is 11.8. The number of hydrogen-bond acceptors (Lipinski definition) is 2. The Balaban J connectivity index is 2.13. The van der Waals surface area contributed by atoms with Crippen molar-refractivity contribution in [3.8, 4) is 0 Å². The van der Waals surface area contributed by atoms with Crippen LogP contribution in [0.5, 0.6) is 0 Å². The zero-order chi connectivity index (χ0) is 13.4. The Labute approximate surface area is 114 Å². The van der Waals surface area contributed by atoms with E-state index in [0.717, 1.165) is 12.8 Å². The van der Waals surface area contributed by atoms with Gasteiger partial charge >= 0.3 is 0 Å². The van der Waals surface area contributed by atoms with Crippen LogP contribution < -0.4 is 0 Å². The molecule has 0 saturated carbocycles. The molecule has 3 rings (SSSR count). The molecule has 2 aromatic rings. The summed E-state index contributed by atoms with van der Waals surface area (Å²) in [4.78, 5) is 2.33. The molecule has 0 fully saturated rings. The minimum absolute atomic E-state index is 0.211. The SMILES string of the molecule is CN(C)C1CCc2c(c3ccccc3n2CCO)C1. The fourth-order valence-corrected chi connectivity index (χ4v) is 3.38. The molecule has 102 valence electrons. The summed E-state index contributed by atoms with van der Waals surface area (Å²) in [6, 6.07) is 9.24. The van der Waals surface area contributed by atoms with Gasteiger partial charge in [0.25, 0.3) is 0 Å². The van der Waals surface area contributed by atoms with Crippen LogP contribution in [0.15, 0.2) is 24.3 Å². The smallest absolute Gasteiger partial charge is 0.0610 e. The van der Waals surface area contributed by atoms with Crippen LogP contribution in [0.25, 0.3) is 10.9 Å². The summed E-state index contributed by atoms with van der Waals surface area (Å²) >= 11 is 0. The number of likely N-dealkylation sites (N-methyl/N-ethyl adjacent to an activating group) is 1. The number of nitrogens with zero attached hydrogens (tertiary/aromatic N) is 2. The van der Waals surface area contributed by atoms with Gasteiger partial charge in [0.05, 0.1) is 6.61 Å². The van der Waals surface area contributed by atoms with E-state index in [4.69, 9.17) is 0 Å². The molecule has 1 atom stereocenters. The van der Waals surface area contributed by atoms with Crippen LogP contribution in [-0.4, -0.2) is 41.3 Å².